The van der Waals surface area contributed by atoms with Crippen LogP contribution in [0.3, 0.4) is 0 Å². The predicted molar refractivity (Wildman–Crippen MR) is 83.0 cm³/mol. The lowest BCUT2D eigenvalue weighted by molar-refractivity contribution is -0.118. The second-order valence-electron chi connectivity index (χ2n) is 5.15. The largest absolute Gasteiger partial charge is 0.482 e. The van der Waals surface area contributed by atoms with Gasteiger partial charge >= 0.3 is 0 Å². The molecule has 1 aliphatic rings. The molecule has 0 unspecified atom stereocenters. The van der Waals surface area contributed by atoms with Crippen LogP contribution in [0.25, 0.3) is 0 Å². The molecular weight excluding hydrogens is 299 g/mol. The Hall–Kier alpha value is -2.89. The molecule has 23 heavy (non-hydrogen) atoms. The third kappa shape index (κ3) is 3.48. The van der Waals surface area contributed by atoms with Gasteiger partial charge in [-0.15, -0.1) is 0 Å². The van der Waals surface area contributed by atoms with Crippen LogP contribution in [0.5, 0.6) is 5.75 Å². The summed E-state index contributed by atoms with van der Waals surface area (Å²) < 4.78 is 18.1. The molecule has 0 aromatic heterocycles. The summed E-state index contributed by atoms with van der Waals surface area (Å²) in [5.41, 5.74) is 1.68. The van der Waals surface area contributed by atoms with Crippen LogP contribution in [-0.2, 0) is 11.2 Å². The maximum Gasteiger partial charge on any atom is 0.262 e. The number of hydrogen-bond donors (Lipinski definition) is 2. The van der Waals surface area contributed by atoms with Gasteiger partial charge in [-0.2, -0.15) is 0 Å². The molecule has 1 heterocycles. The standard InChI is InChI=1S/C17H15FN2O3/c18-12-6-4-11(5-7-12)8-9-19-17(22)13-2-1-3-14-16(13)20-15(21)10-23-14/h1-7H,8-10H2,(H,19,22)(H,20,21). The Kier molecular flexibility index (Phi) is 4.23. The molecule has 0 bridgehead atoms. The van der Waals surface area contributed by atoms with Gasteiger partial charge in [-0.1, -0.05) is 18.2 Å². The van der Waals surface area contributed by atoms with Crippen molar-refractivity contribution in [1.82, 2.24) is 5.32 Å². The number of anilines is 1. The van der Waals surface area contributed by atoms with Gasteiger partial charge in [0.15, 0.2) is 6.61 Å². The molecular formula is C17H15FN2O3. The van der Waals surface area contributed by atoms with Gasteiger partial charge in [0.05, 0.1) is 11.3 Å². The van der Waals surface area contributed by atoms with Gasteiger partial charge in [0, 0.05) is 6.54 Å². The minimum Gasteiger partial charge on any atom is -0.482 e. The first kappa shape index (κ1) is 15.0. The van der Waals surface area contributed by atoms with Gasteiger partial charge in [0.2, 0.25) is 0 Å². The third-order valence-corrected chi connectivity index (χ3v) is 3.51. The van der Waals surface area contributed by atoms with Gasteiger partial charge in [-0.3, -0.25) is 9.59 Å². The lowest BCUT2D eigenvalue weighted by Crippen LogP contribution is -2.30. The molecule has 2 aromatic rings. The van der Waals surface area contributed by atoms with Crippen LogP contribution in [0, 0.1) is 5.82 Å². The molecule has 0 spiro atoms. The van der Waals surface area contributed by atoms with Crippen molar-refractivity contribution in [2.24, 2.45) is 0 Å². The van der Waals surface area contributed by atoms with Gasteiger partial charge in [-0.05, 0) is 36.2 Å². The van der Waals surface area contributed by atoms with Crippen molar-refractivity contribution >= 4 is 17.5 Å². The fourth-order valence-electron chi connectivity index (χ4n) is 2.36. The topological polar surface area (TPSA) is 67.4 Å². The van der Waals surface area contributed by atoms with Crippen LogP contribution < -0.4 is 15.4 Å². The van der Waals surface area contributed by atoms with Crippen LogP contribution in [0.15, 0.2) is 42.5 Å². The highest BCUT2D eigenvalue weighted by atomic mass is 19.1. The number of carbonyl (C=O) groups excluding carboxylic acids is 2. The molecule has 118 valence electrons. The Bertz CT molecular complexity index is 744. The van der Waals surface area contributed by atoms with Crippen LogP contribution in [0.4, 0.5) is 10.1 Å². The average Bonchev–Trinajstić information content (AvgIpc) is 2.56. The molecule has 0 radical (unpaired) electrons. The first-order chi connectivity index (χ1) is 11.1. The van der Waals surface area contributed by atoms with E-state index >= 15 is 0 Å². The molecule has 1 aliphatic heterocycles. The number of rotatable bonds is 4. The van der Waals surface area contributed by atoms with Crippen LogP contribution in [-0.4, -0.2) is 25.0 Å². The fourth-order valence-corrected chi connectivity index (χ4v) is 2.36. The highest BCUT2D eigenvalue weighted by molar-refractivity contribution is 6.06. The van der Waals surface area contributed by atoms with Crippen molar-refractivity contribution in [3.8, 4) is 5.75 Å². The van der Waals surface area contributed by atoms with E-state index in [2.05, 4.69) is 10.6 Å². The summed E-state index contributed by atoms with van der Waals surface area (Å²) in [5.74, 6) is -0.390. The molecule has 0 fully saturated rings. The monoisotopic (exact) mass is 314 g/mol. The lowest BCUT2D eigenvalue weighted by Gasteiger charge is -2.20. The molecule has 0 atom stereocenters. The Morgan fingerprint density at radius 2 is 2.00 bits per heavy atom. The van der Waals surface area contributed by atoms with Gasteiger partial charge in [-0.25, -0.2) is 4.39 Å². The number of amides is 2. The van der Waals surface area contributed by atoms with E-state index in [4.69, 9.17) is 4.74 Å². The van der Waals surface area contributed by atoms with Crippen molar-refractivity contribution in [2.45, 2.75) is 6.42 Å². The quantitative estimate of drug-likeness (QED) is 0.908. The normalized spacial score (nSPS) is 12.8. The Morgan fingerprint density at radius 3 is 2.78 bits per heavy atom. The SMILES string of the molecule is O=C1COc2cccc(C(=O)NCCc3ccc(F)cc3)c2N1. The lowest BCUT2D eigenvalue weighted by atomic mass is 10.1. The average molecular weight is 314 g/mol. The molecule has 5 nitrogen and oxygen atoms in total. The maximum absolute atomic E-state index is 12.8. The molecule has 2 aromatic carbocycles. The number of hydrogen-bond acceptors (Lipinski definition) is 3. The van der Waals surface area contributed by atoms with Crippen molar-refractivity contribution in [2.75, 3.05) is 18.5 Å². The van der Waals surface area contributed by atoms with E-state index in [0.717, 1.165) is 5.56 Å². The van der Waals surface area contributed by atoms with E-state index in [1.165, 1.54) is 12.1 Å². The number of para-hydroxylation sites is 1. The molecule has 0 saturated carbocycles. The van der Waals surface area contributed by atoms with Crippen molar-refractivity contribution in [3.63, 3.8) is 0 Å². The molecule has 0 aliphatic carbocycles. The number of nitrogens with one attached hydrogen (secondary N) is 2. The predicted octanol–water partition coefficient (Wildman–Crippen LogP) is 2.13. The number of ether oxygens (including phenoxy) is 1. The summed E-state index contributed by atoms with van der Waals surface area (Å²) in [6.07, 6.45) is 0.587. The summed E-state index contributed by atoms with van der Waals surface area (Å²) in [4.78, 5) is 23.7. The van der Waals surface area contributed by atoms with Crippen molar-refractivity contribution < 1.29 is 18.7 Å². The zero-order chi connectivity index (χ0) is 16.2. The Balaban J connectivity index is 1.65. The third-order valence-electron chi connectivity index (χ3n) is 3.51. The van der Waals surface area contributed by atoms with E-state index in [1.54, 1.807) is 30.3 Å². The first-order valence-corrected chi connectivity index (χ1v) is 7.22. The highest BCUT2D eigenvalue weighted by Gasteiger charge is 2.21. The number of carbonyl (C=O) groups is 2. The van der Waals surface area contributed by atoms with Gasteiger partial charge in [0.25, 0.3) is 11.8 Å². The number of fused-ring (bicyclic) bond motifs is 1. The summed E-state index contributed by atoms with van der Waals surface area (Å²) in [6.45, 7) is 0.353. The van der Waals surface area contributed by atoms with Crippen LogP contribution in [0.1, 0.15) is 15.9 Å². The van der Waals surface area contributed by atoms with E-state index in [0.29, 0.717) is 30.0 Å². The highest BCUT2D eigenvalue weighted by Crippen LogP contribution is 2.30. The van der Waals surface area contributed by atoms with E-state index < -0.39 is 0 Å². The molecule has 3 rings (SSSR count). The fraction of sp³-hybridized carbons (Fsp3) is 0.176. The summed E-state index contributed by atoms with van der Waals surface area (Å²) in [6, 6.07) is 11.2. The van der Waals surface area contributed by atoms with Crippen LogP contribution >= 0.6 is 0 Å². The first-order valence-electron chi connectivity index (χ1n) is 7.22. The summed E-state index contributed by atoms with van der Waals surface area (Å²) in [5, 5.41) is 5.44. The summed E-state index contributed by atoms with van der Waals surface area (Å²) in [7, 11) is 0. The Labute approximate surface area is 132 Å². The van der Waals surface area contributed by atoms with E-state index in [9.17, 15) is 14.0 Å². The molecule has 2 amide bonds. The van der Waals surface area contributed by atoms with Gasteiger partial charge < -0.3 is 15.4 Å². The second kappa shape index (κ2) is 6.48. The van der Waals surface area contributed by atoms with E-state index in [1.807, 2.05) is 0 Å². The second-order valence-corrected chi connectivity index (χ2v) is 5.15. The zero-order valence-corrected chi connectivity index (χ0v) is 12.3. The smallest absolute Gasteiger partial charge is 0.262 e. The molecule has 6 heteroatoms. The van der Waals surface area contributed by atoms with Crippen molar-refractivity contribution in [3.05, 3.63) is 59.4 Å². The van der Waals surface area contributed by atoms with E-state index in [-0.39, 0.29) is 24.2 Å². The minimum atomic E-state index is -0.297. The van der Waals surface area contributed by atoms with Crippen LogP contribution in [0.2, 0.25) is 0 Å². The Morgan fingerprint density at radius 1 is 1.22 bits per heavy atom. The number of benzene rings is 2. The molecule has 2 N–H and O–H groups in total. The minimum absolute atomic E-state index is 0.0529. The summed E-state index contributed by atoms with van der Waals surface area (Å²) >= 11 is 0. The van der Waals surface area contributed by atoms with Crippen molar-refractivity contribution in [1.29, 1.82) is 0 Å². The van der Waals surface area contributed by atoms with Gasteiger partial charge in [0.1, 0.15) is 11.6 Å². The maximum atomic E-state index is 12.8. The zero-order valence-electron chi connectivity index (χ0n) is 12.3. The number of halogens is 1. The molecule has 0 saturated heterocycles.